The Morgan fingerprint density at radius 2 is 1.46 bits per heavy atom. The predicted octanol–water partition coefficient (Wildman–Crippen LogP) is 6.90. The maximum absolute atomic E-state index is 11.3. The van der Waals surface area contributed by atoms with Gasteiger partial charge < -0.3 is 9.47 Å². The Balaban J connectivity index is 0.000000521. The van der Waals surface area contributed by atoms with Crippen molar-refractivity contribution >= 4 is 27.6 Å². The fraction of sp³-hybridized carbons (Fsp3) is 0.192. The van der Waals surface area contributed by atoms with E-state index < -0.39 is 21.8 Å². The van der Waals surface area contributed by atoms with Crippen molar-refractivity contribution in [3.63, 3.8) is 0 Å². The molecule has 0 spiro atoms. The molecule has 37 heavy (non-hydrogen) atoms. The van der Waals surface area contributed by atoms with Gasteiger partial charge in [-0.15, -0.1) is 11.3 Å². The van der Waals surface area contributed by atoms with E-state index >= 15 is 0 Å². The van der Waals surface area contributed by atoms with E-state index in [1.54, 1.807) is 23.5 Å². The van der Waals surface area contributed by atoms with Gasteiger partial charge >= 0.3 is 21.8 Å². The second kappa shape index (κ2) is 13.8. The summed E-state index contributed by atoms with van der Waals surface area (Å²) in [5, 5.41) is 2.12. The Kier molecular flexibility index (Phi) is 11.1. The molecule has 198 valence electrons. The third-order valence-corrected chi connectivity index (χ3v) is 6.44. The molecule has 1 aromatic heterocycles. The molecular formula is C26H25F3O6S2. The predicted molar refractivity (Wildman–Crippen MR) is 136 cm³/mol. The van der Waals surface area contributed by atoms with Crippen LogP contribution in [0.2, 0.25) is 0 Å². The van der Waals surface area contributed by atoms with Gasteiger partial charge in [0, 0.05) is 11.3 Å². The summed E-state index contributed by atoms with van der Waals surface area (Å²) in [5.41, 5.74) is -0.448. The minimum Gasteiger partial charge on any atom is -0.437 e. The smallest absolute Gasteiger partial charge is 0.437 e. The van der Waals surface area contributed by atoms with Gasteiger partial charge in [0.05, 0.1) is 7.11 Å². The number of rotatable bonds is 5. The van der Waals surface area contributed by atoms with Crippen LogP contribution >= 0.6 is 11.3 Å². The lowest BCUT2D eigenvalue weighted by Gasteiger charge is -2.10. The van der Waals surface area contributed by atoms with E-state index in [2.05, 4.69) is 65.6 Å². The molecule has 0 saturated carbocycles. The fourth-order valence-corrected chi connectivity index (χ4v) is 3.84. The largest absolute Gasteiger partial charge is 0.522 e. The Bertz CT molecular complexity index is 1330. The summed E-state index contributed by atoms with van der Waals surface area (Å²) in [6.07, 6.45) is 0.978. The van der Waals surface area contributed by atoms with Crippen molar-refractivity contribution in [3.8, 4) is 5.75 Å². The van der Waals surface area contributed by atoms with Gasteiger partial charge in [0.15, 0.2) is 0 Å². The molecule has 0 radical (unpaired) electrons. The number of hydrogen-bond acceptors (Lipinski definition) is 6. The molecule has 0 fully saturated rings. The van der Waals surface area contributed by atoms with Crippen LogP contribution in [0.5, 0.6) is 5.75 Å². The number of benzene rings is 2. The van der Waals surface area contributed by atoms with Gasteiger partial charge in [0.25, 0.3) is 0 Å². The van der Waals surface area contributed by atoms with Crippen LogP contribution in [-0.4, -0.2) is 31.7 Å². The van der Waals surface area contributed by atoms with Crippen molar-refractivity contribution in [2.45, 2.75) is 25.3 Å². The highest BCUT2D eigenvalue weighted by Crippen LogP contribution is 2.23. The number of aryl methyl sites for hydroxylation is 1. The highest BCUT2D eigenvalue weighted by atomic mass is 32.2. The van der Waals surface area contributed by atoms with Gasteiger partial charge in [0.2, 0.25) is 0 Å². The quantitative estimate of drug-likeness (QED) is 0.160. The SMILES string of the molecule is COC(=O)Oc1ccc(Cc2sccccccc2Cc2ccccc2C)cc1.O=S(=O)(O)C(F)(F)F. The lowest BCUT2D eigenvalue weighted by Crippen LogP contribution is -2.21. The molecule has 0 aliphatic carbocycles. The van der Waals surface area contributed by atoms with Crippen LogP contribution < -0.4 is 4.74 Å². The zero-order valence-electron chi connectivity index (χ0n) is 19.9. The van der Waals surface area contributed by atoms with Crippen molar-refractivity contribution in [1.82, 2.24) is 0 Å². The highest BCUT2D eigenvalue weighted by Gasteiger charge is 2.44. The van der Waals surface area contributed by atoms with E-state index in [4.69, 9.17) is 17.7 Å². The number of carbonyl (C=O) groups excluding carboxylic acids is 1. The summed E-state index contributed by atoms with van der Waals surface area (Å²) in [6, 6.07) is 26.5. The lowest BCUT2D eigenvalue weighted by molar-refractivity contribution is -0.0510. The number of alkyl halides is 3. The molecule has 1 N–H and O–H groups in total. The van der Waals surface area contributed by atoms with Crippen LogP contribution in [-0.2, 0) is 27.7 Å². The molecule has 3 rings (SSSR count). The number of hydrogen-bond donors (Lipinski definition) is 1. The molecule has 11 heteroatoms. The van der Waals surface area contributed by atoms with Crippen LogP contribution in [0.4, 0.5) is 18.0 Å². The highest BCUT2D eigenvalue weighted by molar-refractivity contribution is 7.86. The van der Waals surface area contributed by atoms with Crippen molar-refractivity contribution in [1.29, 1.82) is 0 Å². The summed E-state index contributed by atoms with van der Waals surface area (Å²) in [5.74, 6) is 0.473. The topological polar surface area (TPSA) is 89.9 Å². The Morgan fingerprint density at radius 3 is 2.05 bits per heavy atom. The summed E-state index contributed by atoms with van der Waals surface area (Å²) < 4.78 is 67.1. The average molecular weight is 555 g/mol. The standard InChI is InChI=1S/C25H24O3S.CHF3O3S/c1-19-9-6-7-10-21(19)18-22-11-5-3-4-8-16-29-24(22)17-20-12-14-23(15-13-20)28-25(26)27-2;2-1(3,4)8(5,6)7/h3-16H,17-18H2,1-2H3;(H,5,6,7). The van der Waals surface area contributed by atoms with Gasteiger partial charge in [-0.3, -0.25) is 4.55 Å². The molecule has 0 amide bonds. The first-order chi connectivity index (χ1) is 17.4. The third kappa shape index (κ3) is 10.2. The molecule has 2 aromatic carbocycles. The van der Waals surface area contributed by atoms with Crippen molar-refractivity contribution in [2.75, 3.05) is 7.11 Å². The van der Waals surface area contributed by atoms with Crippen LogP contribution in [0.3, 0.4) is 0 Å². The third-order valence-electron chi connectivity index (χ3n) is 4.87. The summed E-state index contributed by atoms with van der Waals surface area (Å²) in [7, 11) is -4.55. The Labute approximate surface area is 217 Å². The molecule has 0 unspecified atom stereocenters. The molecule has 0 aliphatic heterocycles. The van der Waals surface area contributed by atoms with E-state index in [9.17, 15) is 18.0 Å². The van der Waals surface area contributed by atoms with E-state index in [0.717, 1.165) is 18.4 Å². The zero-order chi connectivity index (χ0) is 27.5. The van der Waals surface area contributed by atoms with E-state index in [-0.39, 0.29) is 0 Å². The summed E-state index contributed by atoms with van der Waals surface area (Å²) >= 11 is 1.75. The van der Waals surface area contributed by atoms with Gasteiger partial charge in [-0.1, -0.05) is 66.7 Å². The molecular weight excluding hydrogens is 529 g/mol. The maximum atomic E-state index is 11.3. The number of halogens is 3. The van der Waals surface area contributed by atoms with Crippen LogP contribution in [0.1, 0.15) is 27.1 Å². The monoisotopic (exact) mass is 554 g/mol. The van der Waals surface area contributed by atoms with E-state index in [1.165, 1.54) is 28.7 Å². The molecule has 6 nitrogen and oxygen atoms in total. The molecule has 0 aliphatic rings. The average Bonchev–Trinajstić information content (AvgIpc) is 2.93. The molecule has 0 atom stereocenters. The van der Waals surface area contributed by atoms with Gasteiger partial charge in [0.1, 0.15) is 5.75 Å². The van der Waals surface area contributed by atoms with Gasteiger partial charge in [-0.25, -0.2) is 4.79 Å². The fourth-order valence-electron chi connectivity index (χ4n) is 2.96. The molecule has 1 heterocycles. The van der Waals surface area contributed by atoms with Gasteiger partial charge in [-0.2, -0.15) is 21.6 Å². The number of ether oxygens (including phenoxy) is 2. The minimum absolute atomic E-state index is 0.473. The van der Waals surface area contributed by atoms with Crippen molar-refractivity contribution < 1.29 is 40.4 Å². The molecule has 3 aromatic rings. The lowest BCUT2D eigenvalue weighted by atomic mass is 9.99. The van der Waals surface area contributed by atoms with Crippen molar-refractivity contribution in [3.05, 3.63) is 111 Å². The Morgan fingerprint density at radius 1 is 0.892 bits per heavy atom. The number of carbonyl (C=O) groups is 1. The zero-order valence-corrected chi connectivity index (χ0v) is 21.6. The van der Waals surface area contributed by atoms with Crippen LogP contribution in [0.15, 0.2) is 84.2 Å². The molecule has 0 saturated heterocycles. The van der Waals surface area contributed by atoms with Gasteiger partial charge in [-0.05, 0) is 53.1 Å². The van der Waals surface area contributed by atoms with E-state index in [0.29, 0.717) is 5.75 Å². The van der Waals surface area contributed by atoms with Crippen molar-refractivity contribution in [2.24, 2.45) is 0 Å². The van der Waals surface area contributed by atoms with Crippen LogP contribution in [0.25, 0.3) is 0 Å². The number of methoxy groups -OCH3 is 1. The van der Waals surface area contributed by atoms with E-state index in [1.807, 2.05) is 18.2 Å². The minimum atomic E-state index is -5.84. The normalized spacial score (nSPS) is 11.0. The summed E-state index contributed by atoms with van der Waals surface area (Å²) in [4.78, 5) is 12.6. The second-order valence-electron chi connectivity index (χ2n) is 7.54. The summed E-state index contributed by atoms with van der Waals surface area (Å²) in [6.45, 7) is 2.15. The maximum Gasteiger partial charge on any atom is 0.522 e. The first-order valence-electron chi connectivity index (χ1n) is 10.7. The first-order valence-corrected chi connectivity index (χ1v) is 13.0. The first kappa shape index (κ1) is 29.8. The molecule has 0 bridgehead atoms. The van der Waals surface area contributed by atoms with Crippen LogP contribution in [0, 0.1) is 6.92 Å². The second-order valence-corrected chi connectivity index (χ2v) is 9.95. The Hall–Kier alpha value is -3.41.